The molecule has 10 heteroatoms. The van der Waals surface area contributed by atoms with Gasteiger partial charge >= 0.3 is 0 Å². The van der Waals surface area contributed by atoms with E-state index in [1.807, 2.05) is 39.8 Å². The van der Waals surface area contributed by atoms with Crippen molar-refractivity contribution in [1.29, 1.82) is 0 Å². The van der Waals surface area contributed by atoms with Crippen LogP contribution in [0.1, 0.15) is 43.9 Å². The maximum Gasteiger partial charge on any atom is 0.244 e. The van der Waals surface area contributed by atoms with Crippen LogP contribution in [0.4, 0.5) is 5.69 Å². The molecule has 0 radical (unpaired) electrons. The van der Waals surface area contributed by atoms with Crippen molar-refractivity contribution < 1.29 is 18.0 Å². The zero-order valence-electron chi connectivity index (χ0n) is 21.6. The van der Waals surface area contributed by atoms with Crippen LogP contribution in [0.2, 0.25) is 10.0 Å². The van der Waals surface area contributed by atoms with Gasteiger partial charge in [-0.2, -0.15) is 0 Å². The van der Waals surface area contributed by atoms with Gasteiger partial charge < -0.3 is 10.2 Å². The fourth-order valence-corrected chi connectivity index (χ4v) is 5.13. The topological polar surface area (TPSA) is 86.8 Å². The molecule has 0 aliphatic carbocycles. The van der Waals surface area contributed by atoms with Crippen molar-refractivity contribution in [3.63, 3.8) is 0 Å². The summed E-state index contributed by atoms with van der Waals surface area (Å²) < 4.78 is 26.7. The second-order valence-electron chi connectivity index (χ2n) is 9.38. The van der Waals surface area contributed by atoms with Gasteiger partial charge in [-0.15, -0.1) is 0 Å². The van der Waals surface area contributed by atoms with Crippen molar-refractivity contribution in [2.75, 3.05) is 23.7 Å². The molecule has 0 bridgehead atoms. The highest BCUT2D eigenvalue weighted by atomic mass is 35.5. The lowest BCUT2D eigenvalue weighted by molar-refractivity contribution is -0.140. The first-order chi connectivity index (χ1) is 16.7. The molecule has 198 valence electrons. The molecule has 2 aromatic rings. The number of amides is 2. The highest BCUT2D eigenvalue weighted by molar-refractivity contribution is 7.92. The van der Waals surface area contributed by atoms with Crippen LogP contribution in [-0.4, -0.2) is 50.5 Å². The van der Waals surface area contributed by atoms with Crippen LogP contribution >= 0.6 is 23.2 Å². The number of halogens is 2. The van der Waals surface area contributed by atoms with E-state index < -0.39 is 28.5 Å². The molecule has 2 amide bonds. The Bertz CT molecular complexity index is 1200. The summed E-state index contributed by atoms with van der Waals surface area (Å²) in [6.07, 6.45) is 1.40. The molecule has 0 spiro atoms. The highest BCUT2D eigenvalue weighted by Crippen LogP contribution is 2.26. The van der Waals surface area contributed by atoms with Gasteiger partial charge in [-0.3, -0.25) is 13.9 Å². The predicted octanol–water partition coefficient (Wildman–Crippen LogP) is 4.96. The number of nitrogens with zero attached hydrogens (tertiary/aromatic N) is 2. The number of carbonyl (C=O) groups excluding carboxylic acids is 2. The van der Waals surface area contributed by atoms with Crippen LogP contribution in [0.5, 0.6) is 0 Å². The first-order valence-corrected chi connectivity index (χ1v) is 14.4. The van der Waals surface area contributed by atoms with Gasteiger partial charge in [0.2, 0.25) is 21.8 Å². The maximum atomic E-state index is 13.8. The summed E-state index contributed by atoms with van der Waals surface area (Å²) in [4.78, 5) is 28.3. The quantitative estimate of drug-likeness (QED) is 0.424. The average molecular weight is 557 g/mol. The third-order valence-electron chi connectivity index (χ3n) is 5.74. The molecule has 2 rings (SSSR count). The van der Waals surface area contributed by atoms with Gasteiger partial charge in [0, 0.05) is 23.1 Å². The Hall–Kier alpha value is -2.29. The van der Waals surface area contributed by atoms with Crippen LogP contribution in [0.15, 0.2) is 36.4 Å². The fourth-order valence-electron chi connectivity index (χ4n) is 3.76. The molecule has 0 heterocycles. The number of sulfonamides is 1. The molecule has 0 aromatic heterocycles. The van der Waals surface area contributed by atoms with E-state index in [0.29, 0.717) is 39.8 Å². The number of aryl methyl sites for hydroxylation is 2. The maximum absolute atomic E-state index is 13.8. The molecule has 36 heavy (non-hydrogen) atoms. The van der Waals surface area contributed by atoms with E-state index in [1.54, 1.807) is 31.2 Å². The SMILES string of the molecule is CC[C@H](C(=O)NCC(C)C)N(Cc1ccc(Cl)cc1Cl)C(=O)CN(c1cc(C)ccc1C)S(C)(=O)=O. The predicted molar refractivity (Wildman–Crippen MR) is 147 cm³/mol. The van der Waals surface area contributed by atoms with Crippen molar-refractivity contribution in [3.8, 4) is 0 Å². The number of rotatable bonds is 11. The Morgan fingerprint density at radius 2 is 1.72 bits per heavy atom. The molecule has 2 aromatic carbocycles. The summed E-state index contributed by atoms with van der Waals surface area (Å²) in [5.74, 6) is -0.590. The summed E-state index contributed by atoms with van der Waals surface area (Å²) in [6, 6.07) is 9.53. The standard InChI is InChI=1S/C26H35Cl2N3O4S/c1-7-23(26(33)29-14-17(2)3)30(15-20-10-11-21(27)13-22(20)28)25(32)16-31(36(6,34)35)24-12-18(4)8-9-19(24)5/h8-13,17,23H,7,14-16H2,1-6H3,(H,29,33)/t23-/m1/s1. The van der Waals surface area contributed by atoms with Crippen molar-refractivity contribution in [2.24, 2.45) is 5.92 Å². The van der Waals surface area contributed by atoms with E-state index in [0.717, 1.165) is 16.1 Å². The number of hydrogen-bond donors (Lipinski definition) is 1. The first kappa shape index (κ1) is 29.9. The summed E-state index contributed by atoms with van der Waals surface area (Å²) >= 11 is 12.4. The van der Waals surface area contributed by atoms with Gasteiger partial charge in [0.15, 0.2) is 0 Å². The molecule has 0 aliphatic rings. The monoisotopic (exact) mass is 555 g/mol. The smallest absolute Gasteiger partial charge is 0.244 e. The Balaban J connectivity index is 2.50. The van der Waals surface area contributed by atoms with Crippen LogP contribution in [-0.2, 0) is 26.2 Å². The van der Waals surface area contributed by atoms with Crippen LogP contribution < -0.4 is 9.62 Å². The van der Waals surface area contributed by atoms with Gasteiger partial charge in [-0.1, -0.05) is 62.2 Å². The van der Waals surface area contributed by atoms with E-state index in [1.165, 1.54) is 4.90 Å². The fraction of sp³-hybridized carbons (Fsp3) is 0.462. The van der Waals surface area contributed by atoms with Gasteiger partial charge in [0.05, 0.1) is 11.9 Å². The second kappa shape index (κ2) is 12.8. The number of hydrogen-bond acceptors (Lipinski definition) is 4. The zero-order valence-corrected chi connectivity index (χ0v) is 24.0. The molecule has 0 unspecified atom stereocenters. The zero-order chi connectivity index (χ0) is 27.2. The number of carbonyl (C=O) groups is 2. The summed E-state index contributed by atoms with van der Waals surface area (Å²) in [7, 11) is -3.80. The molecule has 0 saturated heterocycles. The Morgan fingerprint density at radius 3 is 2.28 bits per heavy atom. The molecule has 7 nitrogen and oxygen atoms in total. The van der Waals surface area contributed by atoms with Crippen molar-refractivity contribution in [3.05, 3.63) is 63.1 Å². The number of anilines is 1. The van der Waals surface area contributed by atoms with E-state index in [4.69, 9.17) is 23.2 Å². The lowest BCUT2D eigenvalue weighted by atomic mass is 10.1. The van der Waals surface area contributed by atoms with Gasteiger partial charge in [0.1, 0.15) is 12.6 Å². The Morgan fingerprint density at radius 1 is 1.06 bits per heavy atom. The number of benzene rings is 2. The highest BCUT2D eigenvalue weighted by Gasteiger charge is 2.32. The third-order valence-corrected chi connectivity index (χ3v) is 7.45. The first-order valence-electron chi connectivity index (χ1n) is 11.8. The van der Waals surface area contributed by atoms with E-state index >= 15 is 0 Å². The van der Waals surface area contributed by atoms with Crippen LogP contribution in [0.3, 0.4) is 0 Å². The van der Waals surface area contributed by atoms with Crippen LogP contribution in [0.25, 0.3) is 0 Å². The van der Waals surface area contributed by atoms with Crippen molar-refractivity contribution >= 4 is 50.7 Å². The second-order valence-corrected chi connectivity index (χ2v) is 12.1. The third kappa shape index (κ3) is 8.11. The lowest BCUT2D eigenvalue weighted by Gasteiger charge is -2.33. The minimum absolute atomic E-state index is 0.0207. The molecule has 0 fully saturated rings. The van der Waals surface area contributed by atoms with E-state index in [-0.39, 0.29) is 18.4 Å². The van der Waals surface area contributed by atoms with Crippen LogP contribution in [0, 0.1) is 19.8 Å². The summed E-state index contributed by atoms with van der Waals surface area (Å²) in [5.41, 5.74) is 2.60. The Kier molecular flexibility index (Phi) is 10.6. The van der Waals surface area contributed by atoms with E-state index in [9.17, 15) is 18.0 Å². The lowest BCUT2D eigenvalue weighted by Crippen LogP contribution is -2.52. The minimum atomic E-state index is -3.80. The average Bonchev–Trinajstić information content (AvgIpc) is 2.78. The Labute approximate surface area is 224 Å². The summed E-state index contributed by atoms with van der Waals surface area (Å²) in [5, 5.41) is 3.69. The molecular formula is C26H35Cl2N3O4S. The normalized spacial score (nSPS) is 12.4. The molecule has 1 atom stereocenters. The number of nitrogens with one attached hydrogen (secondary N) is 1. The van der Waals surface area contributed by atoms with Crippen molar-refractivity contribution in [2.45, 2.75) is 53.6 Å². The van der Waals surface area contributed by atoms with Gasteiger partial charge in [-0.05, 0) is 61.1 Å². The summed E-state index contributed by atoms with van der Waals surface area (Å²) in [6.45, 7) is 9.43. The molecule has 0 aliphatic heterocycles. The van der Waals surface area contributed by atoms with Gasteiger partial charge in [-0.25, -0.2) is 8.42 Å². The van der Waals surface area contributed by atoms with Gasteiger partial charge in [0.25, 0.3) is 0 Å². The molecular weight excluding hydrogens is 521 g/mol. The van der Waals surface area contributed by atoms with E-state index in [2.05, 4.69) is 5.32 Å². The van der Waals surface area contributed by atoms with Crippen molar-refractivity contribution in [1.82, 2.24) is 10.2 Å². The molecule has 1 N–H and O–H groups in total. The largest absolute Gasteiger partial charge is 0.354 e. The molecule has 0 saturated carbocycles. The minimum Gasteiger partial charge on any atom is -0.354 e.